The van der Waals surface area contributed by atoms with Crippen LogP contribution in [0.1, 0.15) is 37.6 Å². The standard InChI is InChI=1S/C20H20FNO2S/c1-20(2,3)11-8-9-13-15(10-11)25-18-16(13)19(23)24-17(22-18)12-6-4-5-7-14(12)21/h4-7,11H,8-10H2,1-3H3/t11-/m1/s1. The van der Waals surface area contributed by atoms with Gasteiger partial charge in [0.15, 0.2) is 0 Å². The Labute approximate surface area is 149 Å². The minimum absolute atomic E-state index is 0.0570. The van der Waals surface area contributed by atoms with Crippen molar-refractivity contribution in [3.05, 3.63) is 50.9 Å². The maximum absolute atomic E-state index is 14.0. The average molecular weight is 357 g/mol. The zero-order chi connectivity index (χ0) is 17.8. The molecule has 0 amide bonds. The first-order valence-electron chi connectivity index (χ1n) is 8.55. The van der Waals surface area contributed by atoms with Gasteiger partial charge < -0.3 is 4.42 Å². The van der Waals surface area contributed by atoms with E-state index in [9.17, 15) is 9.18 Å². The van der Waals surface area contributed by atoms with Crippen LogP contribution in [-0.4, -0.2) is 4.98 Å². The molecule has 25 heavy (non-hydrogen) atoms. The molecule has 1 aliphatic rings. The molecule has 130 valence electrons. The van der Waals surface area contributed by atoms with Crippen molar-refractivity contribution in [3.63, 3.8) is 0 Å². The van der Waals surface area contributed by atoms with E-state index < -0.39 is 11.4 Å². The molecule has 2 aromatic heterocycles. The van der Waals surface area contributed by atoms with E-state index in [-0.39, 0.29) is 16.9 Å². The Morgan fingerprint density at radius 3 is 2.76 bits per heavy atom. The Hall–Kier alpha value is -2.01. The van der Waals surface area contributed by atoms with Crippen LogP contribution in [0.5, 0.6) is 0 Å². The molecular weight excluding hydrogens is 337 g/mol. The summed E-state index contributed by atoms with van der Waals surface area (Å²) in [7, 11) is 0. The first kappa shape index (κ1) is 16.5. The Balaban J connectivity index is 1.85. The van der Waals surface area contributed by atoms with Crippen LogP contribution >= 0.6 is 11.3 Å². The van der Waals surface area contributed by atoms with Gasteiger partial charge in [0.05, 0.1) is 5.56 Å². The topological polar surface area (TPSA) is 43.1 Å². The van der Waals surface area contributed by atoms with E-state index in [4.69, 9.17) is 4.42 Å². The molecule has 5 heteroatoms. The predicted molar refractivity (Wildman–Crippen MR) is 98.5 cm³/mol. The third-order valence-corrected chi connectivity index (χ3v) is 6.32. The summed E-state index contributed by atoms with van der Waals surface area (Å²) in [5.41, 5.74) is 1.14. The summed E-state index contributed by atoms with van der Waals surface area (Å²) >= 11 is 1.55. The Morgan fingerprint density at radius 2 is 2.04 bits per heavy atom. The molecule has 0 fully saturated rings. The first-order valence-corrected chi connectivity index (χ1v) is 9.36. The number of benzene rings is 1. The summed E-state index contributed by atoms with van der Waals surface area (Å²) in [5.74, 6) is 0.208. The second kappa shape index (κ2) is 5.77. The van der Waals surface area contributed by atoms with Crippen molar-refractivity contribution in [2.75, 3.05) is 0 Å². The number of nitrogens with zero attached hydrogens (tertiary/aromatic N) is 1. The van der Waals surface area contributed by atoms with Crippen molar-refractivity contribution in [2.45, 2.75) is 40.0 Å². The summed E-state index contributed by atoms with van der Waals surface area (Å²) in [5, 5.41) is 0.590. The van der Waals surface area contributed by atoms with Gasteiger partial charge in [0.2, 0.25) is 5.89 Å². The molecule has 0 saturated carbocycles. The van der Waals surface area contributed by atoms with Crippen molar-refractivity contribution >= 4 is 21.6 Å². The molecule has 0 spiro atoms. The highest BCUT2D eigenvalue weighted by atomic mass is 32.1. The Bertz CT molecular complexity index is 1010. The monoisotopic (exact) mass is 357 g/mol. The van der Waals surface area contributed by atoms with Gasteiger partial charge in [-0.25, -0.2) is 14.2 Å². The third kappa shape index (κ3) is 2.80. The Morgan fingerprint density at radius 1 is 1.28 bits per heavy atom. The van der Waals surface area contributed by atoms with Crippen LogP contribution in [-0.2, 0) is 12.8 Å². The molecular formula is C20H20FNO2S. The van der Waals surface area contributed by atoms with Gasteiger partial charge in [0.25, 0.3) is 0 Å². The average Bonchev–Trinajstić information content (AvgIpc) is 2.92. The minimum atomic E-state index is -0.438. The lowest BCUT2D eigenvalue weighted by molar-refractivity contribution is 0.218. The zero-order valence-corrected chi connectivity index (χ0v) is 15.4. The van der Waals surface area contributed by atoms with Gasteiger partial charge in [0, 0.05) is 4.88 Å². The van der Waals surface area contributed by atoms with E-state index in [2.05, 4.69) is 25.8 Å². The van der Waals surface area contributed by atoms with E-state index in [1.54, 1.807) is 29.5 Å². The lowest BCUT2D eigenvalue weighted by atomic mass is 9.72. The van der Waals surface area contributed by atoms with E-state index >= 15 is 0 Å². The van der Waals surface area contributed by atoms with Crippen LogP contribution in [0.25, 0.3) is 21.7 Å². The van der Waals surface area contributed by atoms with Gasteiger partial charge in [-0.3, -0.25) is 0 Å². The van der Waals surface area contributed by atoms with Crippen LogP contribution in [0.15, 0.2) is 33.5 Å². The first-order chi connectivity index (χ1) is 11.8. The number of hydrogen-bond acceptors (Lipinski definition) is 4. The van der Waals surface area contributed by atoms with Gasteiger partial charge >= 0.3 is 5.63 Å². The predicted octanol–water partition coefficient (Wildman–Crippen LogP) is 5.21. The highest BCUT2D eigenvalue weighted by Gasteiger charge is 2.32. The maximum Gasteiger partial charge on any atom is 0.348 e. The largest absolute Gasteiger partial charge is 0.403 e. The van der Waals surface area contributed by atoms with Gasteiger partial charge in [-0.2, -0.15) is 0 Å². The number of aromatic nitrogens is 1. The summed E-state index contributed by atoms with van der Waals surface area (Å²) < 4.78 is 19.4. The molecule has 4 rings (SSSR count). The molecule has 0 N–H and O–H groups in total. The lowest BCUT2D eigenvalue weighted by Crippen LogP contribution is -2.26. The lowest BCUT2D eigenvalue weighted by Gasteiger charge is -2.33. The quantitative estimate of drug-likeness (QED) is 0.601. The van der Waals surface area contributed by atoms with E-state index in [0.717, 1.165) is 24.8 Å². The highest BCUT2D eigenvalue weighted by Crippen LogP contribution is 2.42. The normalized spacial score (nSPS) is 17.7. The van der Waals surface area contributed by atoms with Gasteiger partial charge in [0.1, 0.15) is 16.0 Å². The van der Waals surface area contributed by atoms with Crippen LogP contribution in [0.3, 0.4) is 0 Å². The highest BCUT2D eigenvalue weighted by molar-refractivity contribution is 7.18. The number of aryl methyl sites for hydroxylation is 1. The Kier molecular flexibility index (Phi) is 3.80. The molecule has 3 aromatic rings. The second-order valence-electron chi connectivity index (χ2n) is 7.78. The van der Waals surface area contributed by atoms with E-state index in [1.165, 1.54) is 10.9 Å². The number of halogens is 1. The molecule has 0 aliphatic heterocycles. The third-order valence-electron chi connectivity index (χ3n) is 5.17. The number of thiophene rings is 1. The zero-order valence-electron chi connectivity index (χ0n) is 14.6. The minimum Gasteiger partial charge on any atom is -0.403 e. The fourth-order valence-corrected chi connectivity index (χ4v) is 4.89. The molecule has 0 bridgehead atoms. The number of hydrogen-bond donors (Lipinski definition) is 0. The maximum atomic E-state index is 14.0. The molecule has 0 radical (unpaired) electrons. The van der Waals surface area contributed by atoms with Crippen LogP contribution in [0.2, 0.25) is 0 Å². The van der Waals surface area contributed by atoms with Crippen molar-refractivity contribution in [1.82, 2.24) is 4.98 Å². The molecule has 1 atom stereocenters. The van der Waals surface area contributed by atoms with Crippen molar-refractivity contribution in [1.29, 1.82) is 0 Å². The molecule has 1 aliphatic carbocycles. The smallest absolute Gasteiger partial charge is 0.348 e. The number of rotatable bonds is 1. The fraction of sp³-hybridized carbons (Fsp3) is 0.400. The van der Waals surface area contributed by atoms with Crippen molar-refractivity contribution in [3.8, 4) is 11.5 Å². The van der Waals surface area contributed by atoms with Gasteiger partial charge in [-0.05, 0) is 48.3 Å². The van der Waals surface area contributed by atoms with Crippen LogP contribution < -0.4 is 5.63 Å². The van der Waals surface area contributed by atoms with Gasteiger partial charge in [-0.1, -0.05) is 32.9 Å². The van der Waals surface area contributed by atoms with Crippen molar-refractivity contribution < 1.29 is 8.81 Å². The molecule has 3 nitrogen and oxygen atoms in total. The second-order valence-corrected chi connectivity index (χ2v) is 8.86. The molecule has 0 saturated heterocycles. The number of fused-ring (bicyclic) bond motifs is 3. The van der Waals surface area contributed by atoms with Gasteiger partial charge in [-0.15, -0.1) is 11.3 Å². The molecule has 1 aromatic carbocycles. The van der Waals surface area contributed by atoms with Crippen LogP contribution in [0, 0.1) is 17.2 Å². The summed E-state index contributed by atoms with van der Waals surface area (Å²) in [6.45, 7) is 6.79. The SMILES string of the molecule is CC(C)(C)[C@@H]1CCc2c(sc3nc(-c4ccccc4F)oc(=O)c23)C1. The summed E-state index contributed by atoms with van der Waals surface area (Å²) in [6.07, 6.45) is 2.91. The molecule has 2 heterocycles. The molecule has 0 unspecified atom stereocenters. The summed E-state index contributed by atoms with van der Waals surface area (Å²) in [6, 6.07) is 6.23. The van der Waals surface area contributed by atoms with E-state index in [1.807, 2.05) is 0 Å². The van der Waals surface area contributed by atoms with Crippen molar-refractivity contribution in [2.24, 2.45) is 11.3 Å². The van der Waals surface area contributed by atoms with E-state index in [0.29, 0.717) is 16.1 Å². The van der Waals surface area contributed by atoms with Crippen LogP contribution in [0.4, 0.5) is 4.39 Å². The fourth-order valence-electron chi connectivity index (χ4n) is 3.60. The summed E-state index contributed by atoms with van der Waals surface area (Å²) in [4.78, 5) is 18.9.